The highest BCUT2D eigenvalue weighted by molar-refractivity contribution is 5.01. The molecule has 0 aliphatic carbocycles. The summed E-state index contributed by atoms with van der Waals surface area (Å²) in [6.45, 7) is 13.7. The maximum Gasteiger partial charge on any atom is 0.111 e. The summed E-state index contributed by atoms with van der Waals surface area (Å²) in [4.78, 5) is 6.77. The van der Waals surface area contributed by atoms with Gasteiger partial charge in [-0.3, -0.25) is 4.90 Å². The molecule has 0 bridgehead atoms. The van der Waals surface area contributed by atoms with Gasteiger partial charge in [0.05, 0.1) is 6.10 Å². The lowest BCUT2D eigenvalue weighted by atomic mass is 9.87. The first-order valence-corrected chi connectivity index (χ1v) is 7.96. The second kappa shape index (κ2) is 7.79. The van der Waals surface area contributed by atoms with Gasteiger partial charge < -0.3 is 9.67 Å². The summed E-state index contributed by atoms with van der Waals surface area (Å²) in [5.41, 5.74) is -0.188. The highest BCUT2D eigenvalue weighted by Gasteiger charge is 2.36. The summed E-state index contributed by atoms with van der Waals surface area (Å²) < 4.78 is 2.15. The average Bonchev–Trinajstić information content (AvgIpc) is 2.87. The number of imidazole rings is 1. The largest absolute Gasteiger partial charge is 0.391 e. The summed E-state index contributed by atoms with van der Waals surface area (Å²) in [6.07, 6.45) is 6.08. The Labute approximate surface area is 123 Å². The molecule has 0 spiro atoms. The Morgan fingerprint density at radius 2 is 1.95 bits per heavy atom. The fourth-order valence-electron chi connectivity index (χ4n) is 2.98. The minimum absolute atomic E-state index is 0.188. The smallest absolute Gasteiger partial charge is 0.111 e. The van der Waals surface area contributed by atoms with Gasteiger partial charge >= 0.3 is 0 Å². The van der Waals surface area contributed by atoms with Crippen molar-refractivity contribution in [1.82, 2.24) is 14.5 Å². The third kappa shape index (κ3) is 3.61. The van der Waals surface area contributed by atoms with Crippen LogP contribution in [0.5, 0.6) is 0 Å². The van der Waals surface area contributed by atoms with Gasteiger partial charge in [0.15, 0.2) is 0 Å². The van der Waals surface area contributed by atoms with Crippen molar-refractivity contribution in [3.05, 3.63) is 18.2 Å². The summed E-state index contributed by atoms with van der Waals surface area (Å²) in [5, 5.41) is 10.8. The van der Waals surface area contributed by atoms with Crippen LogP contribution in [0.15, 0.2) is 12.4 Å². The van der Waals surface area contributed by atoms with Crippen LogP contribution in [0.2, 0.25) is 0 Å². The fourth-order valence-corrected chi connectivity index (χ4v) is 2.98. The number of rotatable bonds is 9. The molecular formula is C16H31N3O. The Bertz CT molecular complexity index is 387. The number of nitrogens with zero attached hydrogens (tertiary/aromatic N) is 3. The number of aryl methyl sites for hydroxylation is 1. The molecule has 4 heteroatoms. The van der Waals surface area contributed by atoms with Crippen LogP contribution >= 0.6 is 0 Å². The lowest BCUT2D eigenvalue weighted by molar-refractivity contribution is -0.0203. The molecule has 0 amide bonds. The molecule has 1 rings (SSSR count). The fraction of sp³-hybridized carbons (Fsp3) is 0.812. The van der Waals surface area contributed by atoms with Gasteiger partial charge in [-0.1, -0.05) is 27.7 Å². The molecule has 2 unspecified atom stereocenters. The van der Waals surface area contributed by atoms with Gasteiger partial charge in [-0.2, -0.15) is 0 Å². The van der Waals surface area contributed by atoms with E-state index in [4.69, 9.17) is 0 Å². The minimum Gasteiger partial charge on any atom is -0.391 e. The lowest BCUT2D eigenvalue weighted by Crippen LogP contribution is -2.55. The Hall–Kier alpha value is -0.870. The molecule has 0 aliphatic heterocycles. The Morgan fingerprint density at radius 3 is 2.45 bits per heavy atom. The van der Waals surface area contributed by atoms with Gasteiger partial charge in [0.2, 0.25) is 0 Å². The van der Waals surface area contributed by atoms with E-state index in [1.54, 1.807) is 0 Å². The van der Waals surface area contributed by atoms with Crippen LogP contribution in [0.3, 0.4) is 0 Å². The van der Waals surface area contributed by atoms with E-state index in [2.05, 4.69) is 49.1 Å². The Kier molecular flexibility index (Phi) is 6.69. The topological polar surface area (TPSA) is 41.3 Å². The zero-order valence-corrected chi connectivity index (χ0v) is 13.8. The predicted molar refractivity (Wildman–Crippen MR) is 83.8 cm³/mol. The van der Waals surface area contributed by atoms with Gasteiger partial charge in [0.1, 0.15) is 5.82 Å². The Morgan fingerprint density at radius 1 is 1.30 bits per heavy atom. The Balaban J connectivity index is 2.86. The van der Waals surface area contributed by atoms with Gasteiger partial charge in [-0.25, -0.2) is 4.98 Å². The van der Waals surface area contributed by atoms with Crippen molar-refractivity contribution in [2.75, 3.05) is 13.1 Å². The van der Waals surface area contributed by atoms with Crippen LogP contribution in [0, 0.1) is 0 Å². The maximum absolute atomic E-state index is 10.8. The van der Waals surface area contributed by atoms with Crippen LogP contribution < -0.4 is 0 Å². The average molecular weight is 281 g/mol. The molecule has 1 N–H and O–H groups in total. The van der Waals surface area contributed by atoms with Crippen molar-refractivity contribution in [3.63, 3.8) is 0 Å². The van der Waals surface area contributed by atoms with E-state index in [0.29, 0.717) is 6.42 Å². The first kappa shape index (κ1) is 17.2. The van der Waals surface area contributed by atoms with Crippen molar-refractivity contribution in [1.29, 1.82) is 0 Å². The summed E-state index contributed by atoms with van der Waals surface area (Å²) in [5.74, 6) is 0.992. The van der Waals surface area contributed by atoms with Crippen LogP contribution in [-0.2, 0) is 13.0 Å². The zero-order valence-electron chi connectivity index (χ0n) is 13.8. The molecule has 2 atom stereocenters. The molecule has 4 nitrogen and oxygen atoms in total. The maximum atomic E-state index is 10.8. The summed E-state index contributed by atoms with van der Waals surface area (Å²) >= 11 is 0. The SMILES string of the molecule is CCCn1ccnc1CC(O)C(C)(CC)N(CC)CC. The van der Waals surface area contributed by atoms with Gasteiger partial charge in [0.25, 0.3) is 0 Å². The lowest BCUT2D eigenvalue weighted by Gasteiger charge is -2.43. The van der Waals surface area contributed by atoms with E-state index in [9.17, 15) is 5.11 Å². The molecule has 0 saturated heterocycles. The number of aliphatic hydroxyl groups is 1. The molecule has 0 radical (unpaired) electrons. The summed E-state index contributed by atoms with van der Waals surface area (Å²) in [7, 11) is 0. The molecule has 0 aliphatic rings. The summed E-state index contributed by atoms with van der Waals surface area (Å²) in [6, 6.07) is 0. The number of hydrogen-bond acceptors (Lipinski definition) is 3. The van der Waals surface area contributed by atoms with Gasteiger partial charge in [-0.05, 0) is 32.9 Å². The first-order chi connectivity index (χ1) is 9.53. The van der Waals surface area contributed by atoms with Crippen LogP contribution in [0.4, 0.5) is 0 Å². The molecule has 116 valence electrons. The number of aromatic nitrogens is 2. The van der Waals surface area contributed by atoms with E-state index >= 15 is 0 Å². The second-order valence-electron chi connectivity index (χ2n) is 5.64. The third-order valence-corrected chi connectivity index (χ3v) is 4.56. The van der Waals surface area contributed by atoms with E-state index in [0.717, 1.165) is 38.3 Å². The van der Waals surface area contributed by atoms with Crippen LogP contribution in [0.1, 0.15) is 53.3 Å². The highest BCUT2D eigenvalue weighted by Crippen LogP contribution is 2.25. The van der Waals surface area contributed by atoms with Crippen molar-refractivity contribution in [3.8, 4) is 0 Å². The van der Waals surface area contributed by atoms with E-state index < -0.39 is 6.10 Å². The highest BCUT2D eigenvalue weighted by atomic mass is 16.3. The molecule has 1 aromatic rings. The van der Waals surface area contributed by atoms with Crippen molar-refractivity contribution in [2.45, 2.75) is 72.1 Å². The normalized spacial score (nSPS) is 16.4. The number of hydrogen-bond donors (Lipinski definition) is 1. The number of aliphatic hydroxyl groups excluding tert-OH is 1. The van der Waals surface area contributed by atoms with Crippen LogP contribution in [0.25, 0.3) is 0 Å². The molecule has 20 heavy (non-hydrogen) atoms. The third-order valence-electron chi connectivity index (χ3n) is 4.56. The van der Waals surface area contributed by atoms with E-state index in [1.807, 2.05) is 12.4 Å². The first-order valence-electron chi connectivity index (χ1n) is 7.96. The molecule has 1 aromatic heterocycles. The zero-order chi connectivity index (χ0) is 15.2. The molecule has 0 fully saturated rings. The van der Waals surface area contributed by atoms with Crippen molar-refractivity contribution >= 4 is 0 Å². The molecule has 0 saturated carbocycles. The van der Waals surface area contributed by atoms with Crippen molar-refractivity contribution < 1.29 is 5.11 Å². The second-order valence-corrected chi connectivity index (χ2v) is 5.64. The standard InChI is InChI=1S/C16H31N3O/c1-6-11-18-12-10-17-15(18)13-14(20)16(5,7-2)19(8-3)9-4/h10,12,14,20H,6-9,11,13H2,1-5H3. The quantitative estimate of drug-likeness (QED) is 0.756. The van der Waals surface area contributed by atoms with E-state index in [1.165, 1.54) is 0 Å². The minimum atomic E-state index is -0.398. The molecule has 1 heterocycles. The predicted octanol–water partition coefficient (Wildman–Crippen LogP) is 2.71. The van der Waals surface area contributed by atoms with Gasteiger partial charge in [0, 0.05) is 30.9 Å². The van der Waals surface area contributed by atoms with E-state index in [-0.39, 0.29) is 5.54 Å². The monoisotopic (exact) mass is 281 g/mol. The van der Waals surface area contributed by atoms with Crippen molar-refractivity contribution in [2.24, 2.45) is 0 Å². The van der Waals surface area contributed by atoms with Crippen LogP contribution in [-0.4, -0.2) is 44.3 Å². The molecule has 0 aromatic carbocycles. The number of likely N-dealkylation sites (N-methyl/N-ethyl adjacent to an activating group) is 1. The molecular weight excluding hydrogens is 250 g/mol. The van der Waals surface area contributed by atoms with Gasteiger partial charge in [-0.15, -0.1) is 0 Å².